The predicted octanol–water partition coefficient (Wildman–Crippen LogP) is 2.21. The molecule has 0 saturated carbocycles. The third-order valence-electron chi connectivity index (χ3n) is 3.44. The number of carboxylic acid groups (broad SMARTS) is 2. The number of aliphatic carboxylic acids is 2. The van der Waals surface area contributed by atoms with Crippen LogP contribution in [0.3, 0.4) is 0 Å². The summed E-state index contributed by atoms with van der Waals surface area (Å²) >= 11 is 1.28. The van der Waals surface area contributed by atoms with Gasteiger partial charge in [0.1, 0.15) is 0 Å². The molecule has 1 atom stereocenters. The molecule has 1 heterocycles. The fourth-order valence-electron chi connectivity index (χ4n) is 2.12. The molecule has 0 saturated heterocycles. The van der Waals surface area contributed by atoms with Crippen molar-refractivity contribution in [1.29, 1.82) is 0 Å². The van der Waals surface area contributed by atoms with Crippen molar-refractivity contribution in [3.8, 4) is 0 Å². The Labute approximate surface area is 139 Å². The highest BCUT2D eigenvalue weighted by Crippen LogP contribution is 2.20. The van der Waals surface area contributed by atoms with Crippen LogP contribution in [0.2, 0.25) is 0 Å². The Morgan fingerprint density at radius 3 is 2.35 bits per heavy atom. The molecule has 0 fully saturated rings. The van der Waals surface area contributed by atoms with Crippen molar-refractivity contribution in [2.24, 2.45) is 0 Å². The van der Waals surface area contributed by atoms with Gasteiger partial charge in [0, 0.05) is 18.1 Å². The van der Waals surface area contributed by atoms with Gasteiger partial charge in [-0.25, -0.2) is 4.79 Å². The minimum absolute atomic E-state index is 0.106. The number of hydrogen-bond acceptors (Lipinski definition) is 5. The van der Waals surface area contributed by atoms with E-state index >= 15 is 0 Å². The minimum atomic E-state index is -2.18. The zero-order chi connectivity index (χ0) is 17.1. The summed E-state index contributed by atoms with van der Waals surface area (Å²) < 4.78 is 0. The summed E-state index contributed by atoms with van der Waals surface area (Å²) in [6, 6.07) is 4.01. The van der Waals surface area contributed by atoms with Gasteiger partial charge in [-0.15, -0.1) is 0 Å². The van der Waals surface area contributed by atoms with Crippen LogP contribution in [0.15, 0.2) is 24.5 Å². The molecule has 0 aliphatic heterocycles. The van der Waals surface area contributed by atoms with Gasteiger partial charge in [0.05, 0.1) is 6.42 Å². The highest BCUT2D eigenvalue weighted by atomic mass is 32.2. The molecule has 0 amide bonds. The van der Waals surface area contributed by atoms with Crippen LogP contribution in [0.4, 0.5) is 0 Å². The van der Waals surface area contributed by atoms with Crippen molar-refractivity contribution >= 4 is 23.7 Å². The molecule has 23 heavy (non-hydrogen) atoms. The predicted molar refractivity (Wildman–Crippen MR) is 88.6 cm³/mol. The molecule has 0 unspecified atom stereocenters. The number of pyridine rings is 1. The minimum Gasteiger partial charge on any atom is -0.481 e. The van der Waals surface area contributed by atoms with Crippen LogP contribution in [0.1, 0.15) is 37.7 Å². The first kappa shape index (κ1) is 19.4. The summed E-state index contributed by atoms with van der Waals surface area (Å²) in [6.45, 7) is 0. The zero-order valence-corrected chi connectivity index (χ0v) is 13.8. The van der Waals surface area contributed by atoms with Crippen LogP contribution < -0.4 is 0 Å². The third-order valence-corrected chi connectivity index (χ3v) is 4.70. The number of unbranched alkanes of at least 4 members (excludes halogenated alkanes) is 3. The summed E-state index contributed by atoms with van der Waals surface area (Å²) in [5.74, 6) is -2.19. The number of aryl methyl sites for hydroxylation is 1. The van der Waals surface area contributed by atoms with Crippen molar-refractivity contribution in [3.63, 3.8) is 0 Å². The summed E-state index contributed by atoms with van der Waals surface area (Å²) in [4.78, 5) is 25.5. The van der Waals surface area contributed by atoms with E-state index in [9.17, 15) is 14.7 Å². The molecule has 128 valence electrons. The van der Waals surface area contributed by atoms with E-state index in [0.717, 1.165) is 32.1 Å². The SMILES string of the molecule is O=C(O)C[C@@](O)(CSCCCCCCc1ccncc1)C(=O)O. The van der Waals surface area contributed by atoms with Gasteiger partial charge in [0.25, 0.3) is 0 Å². The van der Waals surface area contributed by atoms with Crippen molar-refractivity contribution in [2.75, 3.05) is 11.5 Å². The molecule has 0 aromatic carbocycles. The number of rotatable bonds is 12. The Hall–Kier alpha value is -1.60. The lowest BCUT2D eigenvalue weighted by Crippen LogP contribution is -2.43. The first-order valence-electron chi connectivity index (χ1n) is 7.58. The molecule has 1 aromatic rings. The first-order valence-corrected chi connectivity index (χ1v) is 8.74. The van der Waals surface area contributed by atoms with E-state index in [1.54, 1.807) is 12.4 Å². The topological polar surface area (TPSA) is 108 Å². The van der Waals surface area contributed by atoms with Crippen LogP contribution >= 0.6 is 11.8 Å². The second-order valence-electron chi connectivity index (χ2n) is 5.48. The molecule has 0 spiro atoms. The van der Waals surface area contributed by atoms with Gasteiger partial charge in [-0.3, -0.25) is 9.78 Å². The smallest absolute Gasteiger partial charge is 0.337 e. The summed E-state index contributed by atoms with van der Waals surface area (Å²) in [5.41, 5.74) is -0.910. The van der Waals surface area contributed by atoms with Gasteiger partial charge >= 0.3 is 11.9 Å². The van der Waals surface area contributed by atoms with Crippen LogP contribution in [0.25, 0.3) is 0 Å². The second-order valence-corrected chi connectivity index (χ2v) is 6.58. The van der Waals surface area contributed by atoms with Gasteiger partial charge in [-0.1, -0.05) is 12.8 Å². The quantitative estimate of drug-likeness (QED) is 0.500. The molecule has 0 bridgehead atoms. The molecule has 3 N–H and O–H groups in total. The van der Waals surface area contributed by atoms with E-state index in [2.05, 4.69) is 4.98 Å². The number of nitrogens with zero attached hydrogens (tertiary/aromatic N) is 1. The van der Waals surface area contributed by atoms with Crippen LogP contribution in [-0.4, -0.2) is 49.3 Å². The molecular weight excluding hydrogens is 318 g/mol. The van der Waals surface area contributed by atoms with Crippen molar-refractivity contribution in [3.05, 3.63) is 30.1 Å². The van der Waals surface area contributed by atoms with Gasteiger partial charge in [-0.2, -0.15) is 11.8 Å². The molecule has 7 heteroatoms. The standard InChI is InChI=1S/C16H23NO5S/c18-14(19)11-16(22,15(20)21)12-23-10-4-2-1-3-5-13-6-8-17-9-7-13/h6-9,22H,1-5,10-12H2,(H,18,19)(H,20,21)/t16-/m1/s1. The molecule has 0 aliphatic rings. The normalized spacial score (nSPS) is 13.4. The molecule has 6 nitrogen and oxygen atoms in total. The van der Waals surface area contributed by atoms with E-state index in [1.165, 1.54) is 17.3 Å². The van der Waals surface area contributed by atoms with Crippen molar-refractivity contribution in [2.45, 2.75) is 44.1 Å². The Bertz CT molecular complexity index is 497. The number of aliphatic hydroxyl groups is 1. The zero-order valence-electron chi connectivity index (χ0n) is 13.0. The number of carboxylic acids is 2. The number of hydrogen-bond donors (Lipinski definition) is 3. The highest BCUT2D eigenvalue weighted by molar-refractivity contribution is 7.99. The van der Waals surface area contributed by atoms with Gasteiger partial charge < -0.3 is 15.3 Å². The van der Waals surface area contributed by atoms with E-state index in [1.807, 2.05) is 12.1 Å². The average Bonchev–Trinajstić information content (AvgIpc) is 2.50. The maximum absolute atomic E-state index is 11.0. The van der Waals surface area contributed by atoms with Crippen LogP contribution in [0.5, 0.6) is 0 Å². The molecule has 1 aromatic heterocycles. The average molecular weight is 341 g/mol. The molecule has 0 radical (unpaired) electrons. The third kappa shape index (κ3) is 7.99. The fourth-order valence-corrected chi connectivity index (χ4v) is 3.23. The van der Waals surface area contributed by atoms with E-state index in [0.29, 0.717) is 5.75 Å². The number of aromatic nitrogens is 1. The second kappa shape index (κ2) is 10.2. The van der Waals surface area contributed by atoms with Crippen molar-refractivity contribution < 1.29 is 24.9 Å². The van der Waals surface area contributed by atoms with Gasteiger partial charge in [0.15, 0.2) is 5.60 Å². The van der Waals surface area contributed by atoms with Crippen LogP contribution in [0, 0.1) is 0 Å². The molecule has 0 aliphatic carbocycles. The lowest BCUT2D eigenvalue weighted by molar-refractivity contribution is -0.162. The lowest BCUT2D eigenvalue weighted by atomic mass is 10.0. The Morgan fingerprint density at radius 2 is 1.74 bits per heavy atom. The Kier molecular flexibility index (Phi) is 8.65. The largest absolute Gasteiger partial charge is 0.481 e. The maximum atomic E-state index is 11.0. The molecular formula is C16H23NO5S. The van der Waals surface area contributed by atoms with E-state index < -0.39 is 24.0 Å². The highest BCUT2D eigenvalue weighted by Gasteiger charge is 2.38. The molecule has 1 rings (SSSR count). The summed E-state index contributed by atoms with van der Waals surface area (Å²) in [5, 5.41) is 27.4. The van der Waals surface area contributed by atoms with Gasteiger partial charge in [0.2, 0.25) is 0 Å². The lowest BCUT2D eigenvalue weighted by Gasteiger charge is -2.20. The summed E-state index contributed by atoms with van der Waals surface area (Å²) in [7, 11) is 0. The fraction of sp³-hybridized carbons (Fsp3) is 0.562. The number of thioether (sulfide) groups is 1. The van der Waals surface area contributed by atoms with Gasteiger partial charge in [-0.05, 0) is 42.7 Å². The first-order chi connectivity index (χ1) is 10.9. The summed E-state index contributed by atoms with van der Waals surface area (Å²) in [6.07, 6.45) is 7.94. The van der Waals surface area contributed by atoms with E-state index in [4.69, 9.17) is 10.2 Å². The number of carbonyl (C=O) groups is 2. The van der Waals surface area contributed by atoms with Crippen molar-refractivity contribution in [1.82, 2.24) is 4.98 Å². The Morgan fingerprint density at radius 1 is 1.09 bits per heavy atom. The Balaban J connectivity index is 2.10. The van der Waals surface area contributed by atoms with E-state index in [-0.39, 0.29) is 5.75 Å². The van der Waals surface area contributed by atoms with Crippen LogP contribution in [-0.2, 0) is 16.0 Å². The maximum Gasteiger partial charge on any atom is 0.337 e. The monoisotopic (exact) mass is 341 g/mol.